The Hall–Kier alpha value is -3.49. The fraction of sp³-hybridized carbons (Fsp3) is 0.300. The molecule has 8 nitrogen and oxygen atoms in total. The molecule has 1 aliphatic rings. The Labute approximate surface area is 165 Å². The molecular weight excluding hydrogens is 379 g/mol. The van der Waals surface area contributed by atoms with E-state index in [9.17, 15) is 14.0 Å². The summed E-state index contributed by atoms with van der Waals surface area (Å²) in [6, 6.07) is 7.55. The van der Waals surface area contributed by atoms with Gasteiger partial charge in [0.15, 0.2) is 5.54 Å². The van der Waals surface area contributed by atoms with E-state index in [2.05, 4.69) is 15.5 Å². The van der Waals surface area contributed by atoms with Crippen LogP contribution in [0.25, 0.3) is 11.4 Å². The monoisotopic (exact) mass is 398 g/mol. The summed E-state index contributed by atoms with van der Waals surface area (Å²) in [4.78, 5) is 30.4. The number of carbonyl (C=O) groups is 2. The number of hydrogen-bond acceptors (Lipinski definition) is 6. The van der Waals surface area contributed by atoms with Crippen LogP contribution < -0.4 is 5.32 Å². The van der Waals surface area contributed by atoms with Crippen molar-refractivity contribution in [2.45, 2.75) is 32.2 Å². The lowest BCUT2D eigenvalue weighted by Gasteiger charge is -2.18. The number of nitrogens with zero attached hydrogens (tertiary/aromatic N) is 3. The minimum Gasteiger partial charge on any atom is -0.466 e. The molecule has 29 heavy (non-hydrogen) atoms. The Kier molecular flexibility index (Phi) is 4.65. The summed E-state index contributed by atoms with van der Waals surface area (Å²) in [7, 11) is 0. The molecule has 2 aromatic heterocycles. The highest BCUT2D eigenvalue weighted by atomic mass is 19.1. The molecule has 3 aromatic rings. The van der Waals surface area contributed by atoms with Crippen molar-refractivity contribution in [3.8, 4) is 11.4 Å². The third kappa shape index (κ3) is 3.39. The van der Waals surface area contributed by atoms with Crippen LogP contribution in [0.4, 0.5) is 9.18 Å². The fourth-order valence-electron chi connectivity index (χ4n) is 3.22. The average molecular weight is 398 g/mol. The number of urea groups is 1. The number of imide groups is 1. The molecule has 150 valence electrons. The van der Waals surface area contributed by atoms with Crippen molar-refractivity contribution in [2.75, 3.05) is 6.54 Å². The van der Waals surface area contributed by atoms with Gasteiger partial charge in [0, 0.05) is 18.5 Å². The number of halogens is 1. The summed E-state index contributed by atoms with van der Waals surface area (Å²) < 4.78 is 24.2. The average Bonchev–Trinajstić information content (AvgIpc) is 3.42. The summed E-state index contributed by atoms with van der Waals surface area (Å²) in [5.74, 6) is 0.303. The first-order chi connectivity index (χ1) is 13.9. The molecule has 9 heteroatoms. The van der Waals surface area contributed by atoms with E-state index in [-0.39, 0.29) is 18.3 Å². The quantitative estimate of drug-likeness (QED) is 0.640. The molecule has 4 rings (SSSR count). The second-order valence-corrected chi connectivity index (χ2v) is 7.07. The van der Waals surface area contributed by atoms with E-state index in [4.69, 9.17) is 8.94 Å². The van der Waals surface area contributed by atoms with Crippen molar-refractivity contribution < 1.29 is 22.9 Å². The molecule has 1 atom stereocenters. The molecule has 3 heterocycles. The third-order valence-corrected chi connectivity index (χ3v) is 4.96. The number of nitrogens with one attached hydrogen (secondary N) is 1. The predicted octanol–water partition coefficient (Wildman–Crippen LogP) is 3.18. The van der Waals surface area contributed by atoms with Gasteiger partial charge in [0.2, 0.25) is 11.7 Å². The Bertz CT molecular complexity index is 1060. The maximum atomic E-state index is 13.7. The molecule has 3 amide bonds. The predicted molar refractivity (Wildman–Crippen MR) is 99.1 cm³/mol. The summed E-state index contributed by atoms with van der Waals surface area (Å²) in [6.07, 6.45) is 2.27. The zero-order valence-electron chi connectivity index (χ0n) is 15.9. The van der Waals surface area contributed by atoms with E-state index in [0.717, 1.165) is 4.90 Å². The lowest BCUT2D eigenvalue weighted by molar-refractivity contribution is -0.131. The van der Waals surface area contributed by atoms with Gasteiger partial charge in [0.05, 0.1) is 6.26 Å². The Morgan fingerprint density at radius 2 is 2.10 bits per heavy atom. The van der Waals surface area contributed by atoms with Crippen molar-refractivity contribution in [2.24, 2.45) is 0 Å². The first-order valence-electron chi connectivity index (χ1n) is 9.15. The van der Waals surface area contributed by atoms with E-state index < -0.39 is 11.6 Å². The highest BCUT2D eigenvalue weighted by molar-refractivity contribution is 6.06. The van der Waals surface area contributed by atoms with Gasteiger partial charge in [-0.05, 0) is 44.0 Å². The van der Waals surface area contributed by atoms with Crippen LogP contribution in [0.3, 0.4) is 0 Å². The Morgan fingerprint density at radius 1 is 1.28 bits per heavy atom. The van der Waals surface area contributed by atoms with Gasteiger partial charge < -0.3 is 14.3 Å². The minimum absolute atomic E-state index is 0.192. The highest BCUT2D eigenvalue weighted by Gasteiger charge is 2.50. The number of aryl methyl sites for hydroxylation is 2. The van der Waals surface area contributed by atoms with Crippen LogP contribution in [0.15, 0.2) is 45.5 Å². The van der Waals surface area contributed by atoms with Crippen LogP contribution in [0.1, 0.15) is 30.6 Å². The van der Waals surface area contributed by atoms with Gasteiger partial charge in [-0.15, -0.1) is 0 Å². The van der Waals surface area contributed by atoms with Gasteiger partial charge in [-0.1, -0.05) is 17.3 Å². The van der Waals surface area contributed by atoms with Crippen molar-refractivity contribution >= 4 is 11.9 Å². The van der Waals surface area contributed by atoms with Crippen LogP contribution in [0.5, 0.6) is 0 Å². The normalized spacial score (nSPS) is 19.1. The van der Waals surface area contributed by atoms with Crippen LogP contribution in [-0.2, 0) is 16.8 Å². The van der Waals surface area contributed by atoms with Crippen molar-refractivity contribution in [3.63, 3.8) is 0 Å². The number of furan rings is 1. The number of aromatic nitrogens is 2. The van der Waals surface area contributed by atoms with E-state index in [1.54, 1.807) is 38.1 Å². The Balaban J connectivity index is 1.38. The van der Waals surface area contributed by atoms with Crippen LogP contribution >= 0.6 is 0 Å². The lowest BCUT2D eigenvalue weighted by Crippen LogP contribution is -2.40. The number of rotatable bonds is 6. The lowest BCUT2D eigenvalue weighted by atomic mass is 9.99. The van der Waals surface area contributed by atoms with E-state index in [1.807, 2.05) is 0 Å². The molecular formula is C20H19FN4O4. The van der Waals surface area contributed by atoms with Gasteiger partial charge >= 0.3 is 6.03 Å². The minimum atomic E-state index is -1.21. The largest absolute Gasteiger partial charge is 0.466 e. The molecule has 0 aliphatic carbocycles. The zero-order valence-corrected chi connectivity index (χ0v) is 15.9. The Morgan fingerprint density at radius 3 is 2.83 bits per heavy atom. The summed E-state index contributed by atoms with van der Waals surface area (Å²) in [5.41, 5.74) is -0.160. The van der Waals surface area contributed by atoms with Gasteiger partial charge in [0.25, 0.3) is 5.91 Å². The second-order valence-electron chi connectivity index (χ2n) is 7.07. The SMILES string of the molecule is Cc1ccc(-c2noc(CCCN3C(=O)NC(C)(c4ccco4)C3=O)n2)cc1F. The molecule has 1 aliphatic heterocycles. The molecule has 1 fully saturated rings. The number of hydrogen-bond donors (Lipinski definition) is 1. The van der Waals surface area contributed by atoms with Crippen molar-refractivity contribution in [3.05, 3.63) is 59.6 Å². The number of carbonyl (C=O) groups excluding carboxylic acids is 2. The second kappa shape index (κ2) is 7.16. The van der Waals surface area contributed by atoms with E-state index in [1.165, 1.54) is 12.3 Å². The standard InChI is InChI=1S/C20H19FN4O4/c1-12-7-8-13(11-14(12)21)17-22-16(29-24-17)6-3-9-25-18(26)20(2,23-19(25)27)15-5-4-10-28-15/h4-5,7-8,10-11H,3,6,9H2,1-2H3,(H,23,27). The molecule has 0 radical (unpaired) electrons. The molecule has 0 bridgehead atoms. The fourth-order valence-corrected chi connectivity index (χ4v) is 3.22. The number of benzene rings is 1. The van der Waals surface area contributed by atoms with E-state index in [0.29, 0.717) is 41.4 Å². The highest BCUT2D eigenvalue weighted by Crippen LogP contribution is 2.29. The molecule has 0 saturated carbocycles. The van der Waals surface area contributed by atoms with Crippen molar-refractivity contribution in [1.29, 1.82) is 0 Å². The first kappa shape index (κ1) is 18.9. The summed E-state index contributed by atoms with van der Waals surface area (Å²) >= 11 is 0. The third-order valence-electron chi connectivity index (χ3n) is 4.96. The molecule has 1 aromatic carbocycles. The van der Waals surface area contributed by atoms with Gasteiger partial charge in [-0.2, -0.15) is 4.98 Å². The van der Waals surface area contributed by atoms with E-state index >= 15 is 0 Å². The molecule has 0 spiro atoms. The van der Waals surface area contributed by atoms with Crippen LogP contribution in [0, 0.1) is 12.7 Å². The first-order valence-corrected chi connectivity index (χ1v) is 9.15. The van der Waals surface area contributed by atoms with Gasteiger partial charge in [0.1, 0.15) is 11.6 Å². The zero-order chi connectivity index (χ0) is 20.6. The summed E-state index contributed by atoms with van der Waals surface area (Å²) in [6.45, 7) is 3.47. The van der Waals surface area contributed by atoms with Gasteiger partial charge in [-0.25, -0.2) is 9.18 Å². The molecule has 1 saturated heterocycles. The number of amides is 3. The van der Waals surface area contributed by atoms with Crippen LogP contribution in [0.2, 0.25) is 0 Å². The van der Waals surface area contributed by atoms with Crippen LogP contribution in [-0.4, -0.2) is 33.5 Å². The maximum absolute atomic E-state index is 13.7. The summed E-state index contributed by atoms with van der Waals surface area (Å²) in [5, 5.41) is 6.54. The smallest absolute Gasteiger partial charge is 0.325 e. The maximum Gasteiger partial charge on any atom is 0.325 e. The van der Waals surface area contributed by atoms with Crippen molar-refractivity contribution in [1.82, 2.24) is 20.4 Å². The molecule has 1 unspecified atom stereocenters. The molecule has 1 N–H and O–H groups in total. The topological polar surface area (TPSA) is 101 Å². The van der Waals surface area contributed by atoms with Gasteiger partial charge in [-0.3, -0.25) is 9.69 Å².